The Kier molecular flexibility index (Phi) is 4.38. The molecule has 2 fully saturated rings. The highest BCUT2D eigenvalue weighted by Gasteiger charge is 2.53. The summed E-state index contributed by atoms with van der Waals surface area (Å²) >= 11 is 1.57. The summed E-state index contributed by atoms with van der Waals surface area (Å²) in [6.45, 7) is 2.56. The van der Waals surface area contributed by atoms with Crippen molar-refractivity contribution in [2.75, 3.05) is 12.4 Å². The standard InChI is InChI=1S/C16H18FNO3S/c1-2-21-16(20)13-7-12(13)15-18(14(19)9-22-15)8-10-4-3-5-11(17)6-10/h3-6,12-13,15H,2,7-9H2,1H3. The van der Waals surface area contributed by atoms with E-state index in [1.807, 2.05) is 6.07 Å². The fraction of sp³-hybridized carbons (Fsp3) is 0.500. The van der Waals surface area contributed by atoms with Gasteiger partial charge in [-0.2, -0.15) is 0 Å². The highest BCUT2D eigenvalue weighted by atomic mass is 32.2. The molecule has 1 saturated carbocycles. The Morgan fingerprint density at radius 3 is 3.05 bits per heavy atom. The van der Waals surface area contributed by atoms with Crippen molar-refractivity contribution in [2.24, 2.45) is 11.8 Å². The number of rotatable bonds is 5. The van der Waals surface area contributed by atoms with Gasteiger partial charge in [-0.3, -0.25) is 9.59 Å². The molecule has 1 saturated heterocycles. The van der Waals surface area contributed by atoms with Crippen LogP contribution in [0.2, 0.25) is 0 Å². The smallest absolute Gasteiger partial charge is 0.309 e. The highest BCUT2D eigenvalue weighted by Crippen LogP contribution is 2.49. The van der Waals surface area contributed by atoms with Crippen molar-refractivity contribution < 1.29 is 18.7 Å². The molecule has 4 nitrogen and oxygen atoms in total. The fourth-order valence-electron chi connectivity index (χ4n) is 2.89. The van der Waals surface area contributed by atoms with Crippen LogP contribution in [0.25, 0.3) is 0 Å². The van der Waals surface area contributed by atoms with Crippen LogP contribution in [-0.2, 0) is 20.9 Å². The van der Waals surface area contributed by atoms with Crippen molar-refractivity contribution in [1.29, 1.82) is 0 Å². The molecule has 0 N–H and O–H groups in total. The molecule has 1 aromatic rings. The second-order valence-electron chi connectivity index (χ2n) is 5.61. The normalized spacial score (nSPS) is 27.1. The molecule has 1 aliphatic carbocycles. The van der Waals surface area contributed by atoms with Crippen molar-refractivity contribution in [3.63, 3.8) is 0 Å². The third-order valence-electron chi connectivity index (χ3n) is 4.04. The Bertz CT molecular complexity index is 595. The van der Waals surface area contributed by atoms with Crippen LogP contribution in [0.3, 0.4) is 0 Å². The van der Waals surface area contributed by atoms with E-state index in [0.29, 0.717) is 18.9 Å². The van der Waals surface area contributed by atoms with E-state index in [9.17, 15) is 14.0 Å². The summed E-state index contributed by atoms with van der Waals surface area (Å²) in [5, 5.41) is -0.00910. The lowest BCUT2D eigenvalue weighted by molar-refractivity contribution is -0.145. The maximum atomic E-state index is 13.3. The number of amides is 1. The molecule has 1 aromatic carbocycles. The number of carbonyl (C=O) groups is 2. The minimum atomic E-state index is -0.302. The number of benzene rings is 1. The predicted octanol–water partition coefficient (Wildman–Crippen LogP) is 2.43. The molecule has 3 atom stereocenters. The minimum absolute atomic E-state index is 0.00910. The average molecular weight is 323 g/mol. The van der Waals surface area contributed by atoms with E-state index >= 15 is 0 Å². The van der Waals surface area contributed by atoms with Crippen LogP contribution in [-0.4, -0.2) is 34.5 Å². The van der Waals surface area contributed by atoms with Gasteiger partial charge in [-0.1, -0.05) is 12.1 Å². The Hall–Kier alpha value is -1.56. The molecule has 0 spiro atoms. The lowest BCUT2D eigenvalue weighted by atomic mass is 10.2. The quantitative estimate of drug-likeness (QED) is 0.781. The van der Waals surface area contributed by atoms with E-state index in [1.165, 1.54) is 12.1 Å². The Morgan fingerprint density at radius 1 is 1.50 bits per heavy atom. The van der Waals surface area contributed by atoms with Crippen LogP contribution in [0.5, 0.6) is 0 Å². The van der Waals surface area contributed by atoms with Gasteiger partial charge in [0.15, 0.2) is 0 Å². The molecule has 0 radical (unpaired) electrons. The second-order valence-corrected chi connectivity index (χ2v) is 6.72. The largest absolute Gasteiger partial charge is 0.466 e. The molecule has 0 aromatic heterocycles. The molecule has 0 bridgehead atoms. The van der Waals surface area contributed by atoms with Gasteiger partial charge in [-0.05, 0) is 31.0 Å². The van der Waals surface area contributed by atoms with Gasteiger partial charge >= 0.3 is 5.97 Å². The van der Waals surface area contributed by atoms with Gasteiger partial charge in [-0.25, -0.2) is 4.39 Å². The Balaban J connectivity index is 1.67. The number of hydrogen-bond acceptors (Lipinski definition) is 4. The van der Waals surface area contributed by atoms with Gasteiger partial charge in [-0.15, -0.1) is 11.8 Å². The van der Waals surface area contributed by atoms with E-state index in [2.05, 4.69) is 0 Å². The molecule has 1 heterocycles. The molecular formula is C16H18FNO3S. The summed E-state index contributed by atoms with van der Waals surface area (Å²) in [6, 6.07) is 6.29. The molecule has 1 aliphatic heterocycles. The maximum Gasteiger partial charge on any atom is 0.309 e. The van der Waals surface area contributed by atoms with Crippen molar-refractivity contribution in [1.82, 2.24) is 4.90 Å². The zero-order chi connectivity index (χ0) is 15.7. The number of nitrogens with zero attached hydrogens (tertiary/aromatic N) is 1. The van der Waals surface area contributed by atoms with E-state index < -0.39 is 0 Å². The third-order valence-corrected chi connectivity index (χ3v) is 5.40. The first kappa shape index (κ1) is 15.3. The van der Waals surface area contributed by atoms with Gasteiger partial charge in [0.25, 0.3) is 0 Å². The monoisotopic (exact) mass is 323 g/mol. The summed E-state index contributed by atoms with van der Waals surface area (Å²) in [6.07, 6.45) is 0.767. The summed E-state index contributed by atoms with van der Waals surface area (Å²) in [4.78, 5) is 25.6. The SMILES string of the molecule is CCOC(=O)C1CC1C1SCC(=O)N1Cc1cccc(F)c1. The lowest BCUT2D eigenvalue weighted by Crippen LogP contribution is -2.34. The van der Waals surface area contributed by atoms with Crippen LogP contribution in [0.4, 0.5) is 4.39 Å². The van der Waals surface area contributed by atoms with Crippen LogP contribution >= 0.6 is 11.8 Å². The zero-order valence-electron chi connectivity index (χ0n) is 12.3. The van der Waals surface area contributed by atoms with Crippen molar-refractivity contribution in [2.45, 2.75) is 25.3 Å². The first-order valence-electron chi connectivity index (χ1n) is 7.42. The van der Waals surface area contributed by atoms with E-state index in [-0.39, 0.29) is 34.9 Å². The summed E-state index contributed by atoms with van der Waals surface area (Å²) < 4.78 is 18.3. The van der Waals surface area contributed by atoms with Crippen molar-refractivity contribution in [3.05, 3.63) is 35.6 Å². The summed E-state index contributed by atoms with van der Waals surface area (Å²) in [7, 11) is 0. The van der Waals surface area contributed by atoms with E-state index in [0.717, 1.165) is 12.0 Å². The molecule has 118 valence electrons. The van der Waals surface area contributed by atoms with Crippen molar-refractivity contribution >= 4 is 23.6 Å². The van der Waals surface area contributed by atoms with E-state index in [4.69, 9.17) is 4.74 Å². The summed E-state index contributed by atoms with van der Waals surface area (Å²) in [5.41, 5.74) is 0.772. The average Bonchev–Trinajstić information content (AvgIpc) is 3.20. The van der Waals surface area contributed by atoms with Crippen LogP contribution < -0.4 is 0 Å². The number of halogens is 1. The second kappa shape index (κ2) is 6.28. The topological polar surface area (TPSA) is 46.6 Å². The molecule has 6 heteroatoms. The van der Waals surface area contributed by atoms with E-state index in [1.54, 1.807) is 29.7 Å². The highest BCUT2D eigenvalue weighted by molar-refractivity contribution is 8.01. The fourth-order valence-corrected chi connectivity index (χ4v) is 4.29. The third kappa shape index (κ3) is 3.11. The van der Waals surface area contributed by atoms with Crippen LogP contribution in [0, 0.1) is 17.7 Å². The number of thioether (sulfide) groups is 1. The van der Waals surface area contributed by atoms with Crippen LogP contribution in [0.1, 0.15) is 18.9 Å². The van der Waals surface area contributed by atoms with Crippen LogP contribution in [0.15, 0.2) is 24.3 Å². The lowest BCUT2D eigenvalue weighted by Gasteiger charge is -2.24. The van der Waals surface area contributed by atoms with Crippen molar-refractivity contribution in [3.8, 4) is 0 Å². The first-order valence-corrected chi connectivity index (χ1v) is 8.47. The molecule has 1 amide bonds. The number of carbonyl (C=O) groups excluding carboxylic acids is 2. The Morgan fingerprint density at radius 2 is 2.32 bits per heavy atom. The van der Waals surface area contributed by atoms with Gasteiger partial charge in [0.1, 0.15) is 5.82 Å². The number of esters is 1. The number of hydrogen-bond donors (Lipinski definition) is 0. The molecule has 22 heavy (non-hydrogen) atoms. The van der Waals surface area contributed by atoms with Gasteiger partial charge in [0.2, 0.25) is 5.91 Å². The van der Waals surface area contributed by atoms with Gasteiger partial charge in [0.05, 0.1) is 23.7 Å². The molecule has 3 unspecified atom stereocenters. The maximum absolute atomic E-state index is 13.3. The molecule has 3 rings (SSSR count). The number of ether oxygens (including phenoxy) is 1. The summed E-state index contributed by atoms with van der Waals surface area (Å²) in [5.74, 6) is 0.0602. The molecule has 2 aliphatic rings. The first-order chi connectivity index (χ1) is 10.6. The zero-order valence-corrected chi connectivity index (χ0v) is 13.1. The van der Waals surface area contributed by atoms with Gasteiger partial charge < -0.3 is 9.64 Å². The van der Waals surface area contributed by atoms with Gasteiger partial charge in [0, 0.05) is 12.5 Å². The Labute approximate surface area is 133 Å². The predicted molar refractivity (Wildman–Crippen MR) is 81.4 cm³/mol. The minimum Gasteiger partial charge on any atom is -0.466 e. The molecular weight excluding hydrogens is 305 g/mol.